The Labute approximate surface area is 79.7 Å². The number of aliphatic hydroxyl groups excluding tert-OH is 1. The zero-order chi connectivity index (χ0) is 9.84. The van der Waals surface area contributed by atoms with Crippen LogP contribution < -0.4 is 0 Å². The number of aliphatic hydroxyl groups is 1. The molecular weight excluding hydrogens is 166 g/mol. The van der Waals surface area contributed by atoms with E-state index in [4.69, 9.17) is 0 Å². The van der Waals surface area contributed by atoms with Gasteiger partial charge in [-0.2, -0.15) is 0 Å². The summed E-state index contributed by atoms with van der Waals surface area (Å²) >= 11 is 0. The fourth-order valence-corrected chi connectivity index (χ4v) is 1.57. The molecule has 1 saturated heterocycles. The van der Waals surface area contributed by atoms with Gasteiger partial charge in [-0.05, 0) is 12.3 Å². The number of likely N-dealkylation sites (tertiary alicyclic amines) is 1. The molecule has 1 fully saturated rings. The van der Waals surface area contributed by atoms with Crippen molar-refractivity contribution in [2.45, 2.75) is 39.2 Å². The number of amides is 1. The molecule has 1 aliphatic rings. The smallest absolute Gasteiger partial charge is 0.222 e. The monoisotopic (exact) mass is 185 g/mol. The summed E-state index contributed by atoms with van der Waals surface area (Å²) in [5.74, 6) is 0.482. The standard InChI is InChI=1S/C10H19NO2/c1-3-8(2)9(12)7-11-6-4-5-10(11)13/h8-9,12H,3-7H2,1-2H3. The van der Waals surface area contributed by atoms with Crippen LogP contribution in [0.25, 0.3) is 0 Å². The van der Waals surface area contributed by atoms with Crippen LogP contribution in [0.15, 0.2) is 0 Å². The van der Waals surface area contributed by atoms with E-state index in [1.165, 1.54) is 0 Å². The Morgan fingerprint density at radius 2 is 2.31 bits per heavy atom. The first-order valence-corrected chi connectivity index (χ1v) is 5.11. The molecule has 1 rings (SSSR count). The highest BCUT2D eigenvalue weighted by Crippen LogP contribution is 2.14. The summed E-state index contributed by atoms with van der Waals surface area (Å²) in [5, 5.41) is 9.70. The lowest BCUT2D eigenvalue weighted by Crippen LogP contribution is -2.36. The molecule has 0 spiro atoms. The average molecular weight is 185 g/mol. The number of nitrogens with zero attached hydrogens (tertiary/aromatic N) is 1. The number of hydrogen-bond acceptors (Lipinski definition) is 2. The van der Waals surface area contributed by atoms with E-state index in [0.29, 0.717) is 13.0 Å². The van der Waals surface area contributed by atoms with Gasteiger partial charge in [0.25, 0.3) is 0 Å². The van der Waals surface area contributed by atoms with Gasteiger partial charge in [0.15, 0.2) is 0 Å². The Balaban J connectivity index is 2.34. The molecule has 1 aliphatic heterocycles. The van der Waals surface area contributed by atoms with Gasteiger partial charge in [0.2, 0.25) is 5.91 Å². The summed E-state index contributed by atoms with van der Waals surface area (Å²) in [6, 6.07) is 0. The first kappa shape index (κ1) is 10.5. The third-order valence-electron chi connectivity index (χ3n) is 2.88. The Morgan fingerprint density at radius 3 is 2.77 bits per heavy atom. The molecule has 0 aromatic heterocycles. The first-order valence-electron chi connectivity index (χ1n) is 5.11. The molecule has 2 atom stereocenters. The van der Waals surface area contributed by atoms with E-state index in [2.05, 4.69) is 6.92 Å². The maximum atomic E-state index is 11.2. The minimum atomic E-state index is -0.355. The van der Waals surface area contributed by atoms with E-state index in [-0.39, 0.29) is 17.9 Å². The third kappa shape index (κ3) is 2.69. The molecule has 1 amide bonds. The van der Waals surface area contributed by atoms with Crippen molar-refractivity contribution in [2.75, 3.05) is 13.1 Å². The second kappa shape index (κ2) is 4.61. The van der Waals surface area contributed by atoms with E-state index >= 15 is 0 Å². The predicted octanol–water partition coefficient (Wildman–Crippen LogP) is 1.02. The SMILES string of the molecule is CCC(C)C(O)CN1CCCC1=O. The van der Waals surface area contributed by atoms with Crippen LogP contribution in [0.5, 0.6) is 0 Å². The van der Waals surface area contributed by atoms with Crippen LogP contribution in [-0.4, -0.2) is 35.1 Å². The highest BCUT2D eigenvalue weighted by atomic mass is 16.3. The average Bonchev–Trinajstić information content (AvgIpc) is 2.50. The third-order valence-corrected chi connectivity index (χ3v) is 2.88. The largest absolute Gasteiger partial charge is 0.391 e. The van der Waals surface area contributed by atoms with Crippen LogP contribution in [-0.2, 0) is 4.79 Å². The van der Waals surface area contributed by atoms with Crippen molar-refractivity contribution in [1.82, 2.24) is 4.90 Å². The van der Waals surface area contributed by atoms with Crippen molar-refractivity contribution in [1.29, 1.82) is 0 Å². The molecule has 0 saturated carbocycles. The van der Waals surface area contributed by atoms with E-state index in [1.54, 1.807) is 4.90 Å². The van der Waals surface area contributed by atoms with E-state index in [9.17, 15) is 9.90 Å². The minimum absolute atomic E-state index is 0.197. The van der Waals surface area contributed by atoms with Crippen molar-refractivity contribution in [3.05, 3.63) is 0 Å². The topological polar surface area (TPSA) is 40.5 Å². The van der Waals surface area contributed by atoms with Crippen molar-refractivity contribution in [3.63, 3.8) is 0 Å². The quantitative estimate of drug-likeness (QED) is 0.710. The molecule has 0 radical (unpaired) electrons. The molecule has 76 valence electrons. The van der Waals surface area contributed by atoms with Crippen molar-refractivity contribution >= 4 is 5.91 Å². The number of rotatable bonds is 4. The van der Waals surface area contributed by atoms with Gasteiger partial charge in [-0.15, -0.1) is 0 Å². The summed E-state index contributed by atoms with van der Waals surface area (Å²) in [6.07, 6.45) is 2.22. The van der Waals surface area contributed by atoms with Gasteiger partial charge in [-0.25, -0.2) is 0 Å². The summed E-state index contributed by atoms with van der Waals surface area (Å²) in [6.45, 7) is 5.42. The Morgan fingerprint density at radius 1 is 1.62 bits per heavy atom. The lowest BCUT2D eigenvalue weighted by atomic mass is 10.0. The predicted molar refractivity (Wildman–Crippen MR) is 51.3 cm³/mol. The van der Waals surface area contributed by atoms with E-state index in [0.717, 1.165) is 19.4 Å². The molecule has 13 heavy (non-hydrogen) atoms. The first-order chi connectivity index (χ1) is 6.15. The summed E-state index contributed by atoms with van der Waals surface area (Å²) in [7, 11) is 0. The van der Waals surface area contributed by atoms with Gasteiger partial charge in [-0.1, -0.05) is 20.3 Å². The molecule has 0 aliphatic carbocycles. The van der Waals surface area contributed by atoms with Crippen LogP contribution in [0.1, 0.15) is 33.1 Å². The zero-order valence-electron chi connectivity index (χ0n) is 8.49. The van der Waals surface area contributed by atoms with Crippen LogP contribution in [0.3, 0.4) is 0 Å². The van der Waals surface area contributed by atoms with Crippen molar-refractivity contribution < 1.29 is 9.90 Å². The number of β-amino-alcohol motifs (C(OH)–C–C–N with tert-alkyl or cyclic N) is 1. The fourth-order valence-electron chi connectivity index (χ4n) is 1.57. The van der Waals surface area contributed by atoms with Gasteiger partial charge in [0, 0.05) is 19.5 Å². The maximum absolute atomic E-state index is 11.2. The van der Waals surface area contributed by atoms with Crippen LogP contribution >= 0.6 is 0 Å². The lowest BCUT2D eigenvalue weighted by molar-refractivity contribution is -0.129. The molecule has 0 bridgehead atoms. The molecule has 1 N–H and O–H groups in total. The molecule has 0 aromatic rings. The van der Waals surface area contributed by atoms with Gasteiger partial charge in [-0.3, -0.25) is 4.79 Å². The Hall–Kier alpha value is -0.570. The molecule has 2 unspecified atom stereocenters. The normalized spacial score (nSPS) is 22.1. The Bertz CT molecular complexity index is 182. The number of carbonyl (C=O) groups is 1. The molecule has 3 heteroatoms. The highest BCUT2D eigenvalue weighted by Gasteiger charge is 2.24. The lowest BCUT2D eigenvalue weighted by Gasteiger charge is -2.23. The Kier molecular flexibility index (Phi) is 3.72. The van der Waals surface area contributed by atoms with E-state index in [1.807, 2.05) is 6.92 Å². The summed E-state index contributed by atoms with van der Waals surface area (Å²) in [4.78, 5) is 13.0. The second-order valence-electron chi connectivity index (χ2n) is 3.90. The van der Waals surface area contributed by atoms with Crippen LogP contribution in [0, 0.1) is 5.92 Å². The van der Waals surface area contributed by atoms with E-state index < -0.39 is 0 Å². The zero-order valence-corrected chi connectivity index (χ0v) is 8.49. The molecular formula is C10H19NO2. The second-order valence-corrected chi connectivity index (χ2v) is 3.90. The summed E-state index contributed by atoms with van der Waals surface area (Å²) in [5.41, 5.74) is 0. The minimum Gasteiger partial charge on any atom is -0.391 e. The van der Waals surface area contributed by atoms with Crippen LogP contribution in [0.4, 0.5) is 0 Å². The van der Waals surface area contributed by atoms with Crippen molar-refractivity contribution in [3.8, 4) is 0 Å². The van der Waals surface area contributed by atoms with Gasteiger partial charge >= 0.3 is 0 Å². The van der Waals surface area contributed by atoms with Gasteiger partial charge < -0.3 is 10.0 Å². The molecule has 0 aromatic carbocycles. The van der Waals surface area contributed by atoms with Crippen LogP contribution in [0.2, 0.25) is 0 Å². The molecule has 3 nitrogen and oxygen atoms in total. The van der Waals surface area contributed by atoms with Gasteiger partial charge in [0.1, 0.15) is 0 Å². The molecule has 1 heterocycles. The van der Waals surface area contributed by atoms with Gasteiger partial charge in [0.05, 0.1) is 6.10 Å². The highest BCUT2D eigenvalue weighted by molar-refractivity contribution is 5.78. The van der Waals surface area contributed by atoms with Crippen molar-refractivity contribution in [2.24, 2.45) is 5.92 Å². The summed E-state index contributed by atoms with van der Waals surface area (Å²) < 4.78 is 0. The maximum Gasteiger partial charge on any atom is 0.222 e. The fraction of sp³-hybridized carbons (Fsp3) is 0.900. The number of hydrogen-bond donors (Lipinski definition) is 1. The number of carbonyl (C=O) groups excluding carboxylic acids is 1.